The second-order valence-electron chi connectivity index (χ2n) is 4.40. The molecule has 2 aromatic rings. The van der Waals surface area contributed by atoms with E-state index in [4.69, 9.17) is 14.2 Å². The Morgan fingerprint density at radius 3 is 2.33 bits per heavy atom. The Bertz CT molecular complexity index is 565. The number of hydrogen-bond donors (Lipinski definition) is 1. The van der Waals surface area contributed by atoms with Crippen molar-refractivity contribution in [2.24, 2.45) is 0 Å². The third-order valence-electron chi connectivity index (χ3n) is 2.95. The van der Waals surface area contributed by atoms with Gasteiger partial charge in [0.25, 0.3) is 0 Å². The standard InChI is InChI=1S/C16H20N2O3/c1-4-17-11-12-6-5-7-18-16(12)21-15-9-13(19-2)8-14(10-15)20-3/h5-10,17H,4,11H2,1-3H3. The second-order valence-corrected chi connectivity index (χ2v) is 4.40. The number of aromatic nitrogens is 1. The second kappa shape index (κ2) is 7.50. The molecule has 0 spiro atoms. The van der Waals surface area contributed by atoms with Crippen LogP contribution in [0.25, 0.3) is 0 Å². The monoisotopic (exact) mass is 288 g/mol. The van der Waals surface area contributed by atoms with E-state index in [1.807, 2.05) is 12.1 Å². The Labute approximate surface area is 124 Å². The fraction of sp³-hybridized carbons (Fsp3) is 0.312. The molecule has 0 saturated heterocycles. The predicted molar refractivity (Wildman–Crippen MR) is 81.2 cm³/mol. The molecule has 0 aliphatic rings. The van der Waals surface area contributed by atoms with Gasteiger partial charge >= 0.3 is 0 Å². The van der Waals surface area contributed by atoms with Crippen LogP contribution in [0.3, 0.4) is 0 Å². The van der Waals surface area contributed by atoms with Crippen molar-refractivity contribution in [3.63, 3.8) is 0 Å². The van der Waals surface area contributed by atoms with E-state index in [-0.39, 0.29) is 0 Å². The van der Waals surface area contributed by atoms with E-state index >= 15 is 0 Å². The first-order chi connectivity index (χ1) is 10.3. The first-order valence-electron chi connectivity index (χ1n) is 6.82. The lowest BCUT2D eigenvalue weighted by molar-refractivity contribution is 0.384. The smallest absolute Gasteiger partial charge is 0.223 e. The highest BCUT2D eigenvalue weighted by molar-refractivity contribution is 5.44. The Kier molecular flexibility index (Phi) is 5.40. The molecular formula is C16H20N2O3. The van der Waals surface area contributed by atoms with Gasteiger partial charge in [-0.15, -0.1) is 0 Å². The zero-order chi connectivity index (χ0) is 15.1. The molecule has 0 bridgehead atoms. The largest absolute Gasteiger partial charge is 0.496 e. The summed E-state index contributed by atoms with van der Waals surface area (Å²) in [5.74, 6) is 2.55. The number of nitrogens with zero attached hydrogens (tertiary/aromatic N) is 1. The van der Waals surface area contributed by atoms with Gasteiger partial charge in [-0.25, -0.2) is 4.98 Å². The summed E-state index contributed by atoms with van der Waals surface area (Å²) in [6.45, 7) is 3.66. The molecule has 0 fully saturated rings. The summed E-state index contributed by atoms with van der Waals surface area (Å²) in [5.41, 5.74) is 1.00. The van der Waals surface area contributed by atoms with Crippen molar-refractivity contribution >= 4 is 0 Å². The van der Waals surface area contributed by atoms with Crippen LogP contribution in [0.1, 0.15) is 12.5 Å². The quantitative estimate of drug-likeness (QED) is 0.848. The Morgan fingerprint density at radius 1 is 1.05 bits per heavy atom. The van der Waals surface area contributed by atoms with E-state index in [9.17, 15) is 0 Å². The third kappa shape index (κ3) is 4.10. The molecule has 112 valence electrons. The summed E-state index contributed by atoms with van der Waals surface area (Å²) < 4.78 is 16.4. The van der Waals surface area contributed by atoms with Crippen LogP contribution >= 0.6 is 0 Å². The lowest BCUT2D eigenvalue weighted by Crippen LogP contribution is -2.12. The molecule has 0 atom stereocenters. The maximum atomic E-state index is 5.88. The van der Waals surface area contributed by atoms with E-state index in [0.29, 0.717) is 29.7 Å². The van der Waals surface area contributed by atoms with Crippen molar-refractivity contribution in [2.45, 2.75) is 13.5 Å². The highest BCUT2D eigenvalue weighted by Crippen LogP contribution is 2.31. The molecule has 1 N–H and O–H groups in total. The van der Waals surface area contributed by atoms with Gasteiger partial charge in [0.2, 0.25) is 5.88 Å². The number of pyridine rings is 1. The van der Waals surface area contributed by atoms with E-state index in [1.54, 1.807) is 38.6 Å². The predicted octanol–water partition coefficient (Wildman–Crippen LogP) is 3.00. The fourth-order valence-corrected chi connectivity index (χ4v) is 1.86. The van der Waals surface area contributed by atoms with Gasteiger partial charge in [0.05, 0.1) is 14.2 Å². The molecule has 0 radical (unpaired) electrons. The molecule has 5 nitrogen and oxygen atoms in total. The number of nitrogens with one attached hydrogen (secondary N) is 1. The number of rotatable bonds is 7. The molecule has 21 heavy (non-hydrogen) atoms. The van der Waals surface area contributed by atoms with Gasteiger partial charge in [-0.3, -0.25) is 0 Å². The average molecular weight is 288 g/mol. The first kappa shape index (κ1) is 15.1. The SMILES string of the molecule is CCNCc1cccnc1Oc1cc(OC)cc(OC)c1. The molecule has 2 rings (SSSR count). The van der Waals surface area contributed by atoms with Crippen molar-refractivity contribution in [1.82, 2.24) is 10.3 Å². The minimum atomic E-state index is 0.578. The van der Waals surface area contributed by atoms with Crippen molar-refractivity contribution in [3.05, 3.63) is 42.1 Å². The molecule has 1 heterocycles. The summed E-state index contributed by atoms with van der Waals surface area (Å²) in [7, 11) is 3.21. The molecule has 0 saturated carbocycles. The normalized spacial score (nSPS) is 10.2. The average Bonchev–Trinajstić information content (AvgIpc) is 2.53. The molecule has 1 aromatic carbocycles. The van der Waals surface area contributed by atoms with Crippen LogP contribution in [0.2, 0.25) is 0 Å². The molecular weight excluding hydrogens is 268 g/mol. The highest BCUT2D eigenvalue weighted by atomic mass is 16.5. The molecule has 0 amide bonds. The van der Waals surface area contributed by atoms with Gasteiger partial charge < -0.3 is 19.5 Å². The number of methoxy groups -OCH3 is 2. The summed E-state index contributed by atoms with van der Waals surface area (Å²) >= 11 is 0. The Hall–Kier alpha value is -2.27. The summed E-state index contributed by atoms with van der Waals surface area (Å²) in [6, 6.07) is 9.28. The molecule has 1 aromatic heterocycles. The first-order valence-corrected chi connectivity index (χ1v) is 6.82. The topological polar surface area (TPSA) is 52.6 Å². The lowest BCUT2D eigenvalue weighted by atomic mass is 10.2. The van der Waals surface area contributed by atoms with Crippen molar-refractivity contribution in [3.8, 4) is 23.1 Å². The van der Waals surface area contributed by atoms with Gasteiger partial charge in [-0.1, -0.05) is 13.0 Å². The van der Waals surface area contributed by atoms with Gasteiger partial charge in [-0.05, 0) is 12.6 Å². The minimum absolute atomic E-state index is 0.578. The van der Waals surface area contributed by atoms with Gasteiger partial charge in [0.15, 0.2) is 0 Å². The van der Waals surface area contributed by atoms with Crippen molar-refractivity contribution < 1.29 is 14.2 Å². The number of ether oxygens (including phenoxy) is 3. The molecule has 0 aliphatic carbocycles. The summed E-state index contributed by atoms with van der Waals surface area (Å²) in [4.78, 5) is 4.29. The van der Waals surface area contributed by atoms with Gasteiger partial charge in [0.1, 0.15) is 17.2 Å². The van der Waals surface area contributed by atoms with Crippen LogP contribution in [0.5, 0.6) is 23.1 Å². The van der Waals surface area contributed by atoms with Crippen LogP contribution in [-0.2, 0) is 6.54 Å². The maximum absolute atomic E-state index is 5.88. The van der Waals surface area contributed by atoms with Crippen LogP contribution < -0.4 is 19.5 Å². The van der Waals surface area contributed by atoms with E-state index < -0.39 is 0 Å². The van der Waals surface area contributed by atoms with E-state index in [0.717, 1.165) is 12.1 Å². The lowest BCUT2D eigenvalue weighted by Gasteiger charge is -2.12. The minimum Gasteiger partial charge on any atom is -0.496 e. The summed E-state index contributed by atoms with van der Waals surface area (Å²) in [5, 5.41) is 3.27. The third-order valence-corrected chi connectivity index (χ3v) is 2.95. The number of benzene rings is 1. The van der Waals surface area contributed by atoms with Gasteiger partial charge in [-0.2, -0.15) is 0 Å². The molecule has 0 aliphatic heterocycles. The van der Waals surface area contributed by atoms with E-state index in [1.165, 1.54) is 0 Å². The van der Waals surface area contributed by atoms with Crippen molar-refractivity contribution in [1.29, 1.82) is 0 Å². The van der Waals surface area contributed by atoms with Crippen LogP contribution in [0, 0.1) is 0 Å². The van der Waals surface area contributed by atoms with Crippen LogP contribution in [0.4, 0.5) is 0 Å². The zero-order valence-electron chi connectivity index (χ0n) is 12.6. The maximum Gasteiger partial charge on any atom is 0.223 e. The van der Waals surface area contributed by atoms with Crippen LogP contribution in [-0.4, -0.2) is 25.7 Å². The molecule has 0 unspecified atom stereocenters. The Balaban J connectivity index is 2.25. The van der Waals surface area contributed by atoms with Gasteiger partial charge in [0, 0.05) is 36.5 Å². The summed E-state index contributed by atoms with van der Waals surface area (Å²) in [6.07, 6.45) is 1.71. The van der Waals surface area contributed by atoms with Crippen LogP contribution in [0.15, 0.2) is 36.5 Å². The van der Waals surface area contributed by atoms with Crippen molar-refractivity contribution in [2.75, 3.05) is 20.8 Å². The zero-order valence-corrected chi connectivity index (χ0v) is 12.6. The highest BCUT2D eigenvalue weighted by Gasteiger charge is 2.08. The Morgan fingerprint density at radius 2 is 1.71 bits per heavy atom. The fourth-order valence-electron chi connectivity index (χ4n) is 1.86. The van der Waals surface area contributed by atoms with E-state index in [2.05, 4.69) is 17.2 Å². The number of hydrogen-bond acceptors (Lipinski definition) is 5. The molecule has 5 heteroatoms.